The predicted octanol–water partition coefficient (Wildman–Crippen LogP) is 0.796. The van der Waals surface area contributed by atoms with E-state index in [9.17, 15) is 0 Å². The zero-order chi connectivity index (χ0) is 9.84. The Labute approximate surface area is 78.2 Å². The molecule has 0 fully saturated rings. The van der Waals surface area contributed by atoms with E-state index < -0.39 is 0 Å². The summed E-state index contributed by atoms with van der Waals surface area (Å²) in [5.41, 5.74) is 0.933. The van der Waals surface area contributed by atoms with Crippen LogP contribution < -0.4 is 0 Å². The molecule has 1 atom stereocenters. The summed E-state index contributed by atoms with van der Waals surface area (Å²) in [6.45, 7) is 4.73. The third-order valence-electron chi connectivity index (χ3n) is 2.26. The zero-order valence-electron chi connectivity index (χ0n) is 8.32. The molecular formula is C9H16N2O2. The van der Waals surface area contributed by atoms with Crippen molar-refractivity contribution in [2.24, 2.45) is 0 Å². The highest BCUT2D eigenvalue weighted by atomic mass is 16.3. The van der Waals surface area contributed by atoms with Crippen LogP contribution in [-0.4, -0.2) is 34.7 Å². The lowest BCUT2D eigenvalue weighted by molar-refractivity contribution is 0.152. The van der Waals surface area contributed by atoms with Gasteiger partial charge in [0.05, 0.1) is 12.3 Å². The molecule has 0 saturated carbocycles. The fourth-order valence-corrected chi connectivity index (χ4v) is 1.01. The lowest BCUT2D eigenvalue weighted by atomic mass is 10.3. The van der Waals surface area contributed by atoms with Crippen LogP contribution in [0.3, 0.4) is 0 Å². The van der Waals surface area contributed by atoms with Crippen molar-refractivity contribution in [1.29, 1.82) is 0 Å². The minimum Gasteiger partial charge on any atom is -0.448 e. The van der Waals surface area contributed by atoms with Crippen LogP contribution in [0.5, 0.6) is 0 Å². The molecule has 0 radical (unpaired) electrons. The van der Waals surface area contributed by atoms with Crippen molar-refractivity contribution in [3.05, 3.63) is 17.8 Å². The largest absolute Gasteiger partial charge is 0.448 e. The lowest BCUT2D eigenvalue weighted by Crippen LogP contribution is -2.31. The molecule has 1 N–H and O–H groups in total. The first-order valence-electron chi connectivity index (χ1n) is 4.35. The highest BCUT2D eigenvalue weighted by molar-refractivity contribution is 5.04. The molecule has 74 valence electrons. The molecule has 1 unspecified atom stereocenters. The number of hydrogen-bond donors (Lipinski definition) is 1. The van der Waals surface area contributed by atoms with Crippen LogP contribution in [-0.2, 0) is 6.54 Å². The van der Waals surface area contributed by atoms with Crippen LogP contribution in [0.25, 0.3) is 0 Å². The number of rotatable bonds is 4. The van der Waals surface area contributed by atoms with Crippen molar-refractivity contribution in [3.8, 4) is 0 Å². The van der Waals surface area contributed by atoms with Gasteiger partial charge in [0, 0.05) is 12.6 Å². The van der Waals surface area contributed by atoms with Gasteiger partial charge in [0.15, 0.2) is 6.39 Å². The molecule has 4 nitrogen and oxygen atoms in total. The summed E-state index contributed by atoms with van der Waals surface area (Å²) >= 11 is 0. The van der Waals surface area contributed by atoms with Gasteiger partial charge in [-0.2, -0.15) is 0 Å². The van der Waals surface area contributed by atoms with Gasteiger partial charge in [-0.05, 0) is 20.9 Å². The highest BCUT2D eigenvalue weighted by Crippen LogP contribution is 2.08. The second-order valence-corrected chi connectivity index (χ2v) is 3.30. The Bertz CT molecular complexity index is 260. The van der Waals surface area contributed by atoms with Gasteiger partial charge in [-0.25, -0.2) is 4.98 Å². The van der Waals surface area contributed by atoms with Crippen molar-refractivity contribution in [2.75, 3.05) is 13.7 Å². The molecule has 1 heterocycles. The van der Waals surface area contributed by atoms with E-state index in [2.05, 4.69) is 4.98 Å². The van der Waals surface area contributed by atoms with E-state index in [1.54, 1.807) is 0 Å². The van der Waals surface area contributed by atoms with Crippen molar-refractivity contribution in [1.82, 2.24) is 9.88 Å². The van der Waals surface area contributed by atoms with E-state index in [1.165, 1.54) is 6.39 Å². The summed E-state index contributed by atoms with van der Waals surface area (Å²) < 4.78 is 5.08. The smallest absolute Gasteiger partial charge is 0.181 e. The Balaban J connectivity index is 2.54. The second kappa shape index (κ2) is 4.39. The number of aliphatic hydroxyl groups excluding tert-OH is 1. The monoisotopic (exact) mass is 184 g/mol. The average Bonchev–Trinajstić information content (AvgIpc) is 2.50. The lowest BCUT2D eigenvalue weighted by Gasteiger charge is -2.21. The second-order valence-electron chi connectivity index (χ2n) is 3.30. The Kier molecular flexibility index (Phi) is 3.45. The maximum Gasteiger partial charge on any atom is 0.181 e. The molecule has 0 bridgehead atoms. The summed E-state index contributed by atoms with van der Waals surface area (Å²) in [6.07, 6.45) is 1.45. The number of nitrogens with zero attached hydrogens (tertiary/aromatic N) is 2. The molecule has 0 amide bonds. The van der Waals surface area contributed by atoms with E-state index in [4.69, 9.17) is 9.52 Å². The molecule has 0 aliphatic heterocycles. The van der Waals surface area contributed by atoms with Gasteiger partial charge in [0.25, 0.3) is 0 Å². The van der Waals surface area contributed by atoms with E-state index in [-0.39, 0.29) is 12.6 Å². The molecule has 0 aromatic carbocycles. The van der Waals surface area contributed by atoms with Gasteiger partial charge in [-0.1, -0.05) is 0 Å². The first-order chi connectivity index (χ1) is 6.15. The summed E-state index contributed by atoms with van der Waals surface area (Å²) in [4.78, 5) is 6.12. The van der Waals surface area contributed by atoms with E-state index >= 15 is 0 Å². The molecule has 1 rings (SSSR count). The third kappa shape index (κ3) is 2.54. The predicted molar refractivity (Wildman–Crippen MR) is 49.3 cm³/mol. The first kappa shape index (κ1) is 10.2. The van der Waals surface area contributed by atoms with Gasteiger partial charge in [-0.15, -0.1) is 0 Å². The van der Waals surface area contributed by atoms with E-state index in [0.29, 0.717) is 6.54 Å². The Morgan fingerprint density at radius 1 is 1.69 bits per heavy atom. The summed E-state index contributed by atoms with van der Waals surface area (Å²) in [6, 6.07) is 0.149. The quantitative estimate of drug-likeness (QED) is 0.751. The van der Waals surface area contributed by atoms with Crippen LogP contribution in [0, 0.1) is 6.92 Å². The summed E-state index contributed by atoms with van der Waals surface area (Å²) in [5.74, 6) is 0.844. The molecule has 4 heteroatoms. The normalized spacial score (nSPS) is 13.6. The molecule has 0 spiro atoms. The number of hydrogen-bond acceptors (Lipinski definition) is 4. The van der Waals surface area contributed by atoms with Gasteiger partial charge < -0.3 is 9.52 Å². The summed E-state index contributed by atoms with van der Waals surface area (Å²) in [5, 5.41) is 8.92. The van der Waals surface area contributed by atoms with E-state index in [0.717, 1.165) is 11.5 Å². The van der Waals surface area contributed by atoms with Crippen molar-refractivity contribution in [3.63, 3.8) is 0 Å². The number of aliphatic hydroxyl groups is 1. The molecule has 13 heavy (non-hydrogen) atoms. The van der Waals surface area contributed by atoms with Gasteiger partial charge >= 0.3 is 0 Å². The van der Waals surface area contributed by atoms with Crippen molar-refractivity contribution < 1.29 is 9.52 Å². The average molecular weight is 184 g/mol. The topological polar surface area (TPSA) is 49.5 Å². The molecule has 0 saturated heterocycles. The number of oxazole rings is 1. The Hall–Kier alpha value is -0.870. The van der Waals surface area contributed by atoms with Crippen molar-refractivity contribution in [2.45, 2.75) is 26.4 Å². The van der Waals surface area contributed by atoms with Gasteiger partial charge in [-0.3, -0.25) is 4.90 Å². The first-order valence-corrected chi connectivity index (χ1v) is 4.35. The maximum atomic E-state index is 8.92. The minimum atomic E-state index is 0.149. The van der Waals surface area contributed by atoms with Crippen LogP contribution >= 0.6 is 0 Å². The maximum absolute atomic E-state index is 8.92. The molecule has 0 aliphatic rings. The fraction of sp³-hybridized carbons (Fsp3) is 0.667. The zero-order valence-corrected chi connectivity index (χ0v) is 8.32. The Morgan fingerprint density at radius 2 is 2.38 bits per heavy atom. The number of likely N-dealkylation sites (N-methyl/N-ethyl adjacent to an activating group) is 1. The molecule has 1 aromatic heterocycles. The van der Waals surface area contributed by atoms with Crippen LogP contribution in [0.15, 0.2) is 10.8 Å². The van der Waals surface area contributed by atoms with Crippen molar-refractivity contribution >= 4 is 0 Å². The molecule has 1 aromatic rings. The standard InChI is InChI=1S/C9H16N2O2/c1-7(5-12)11(3)4-9-8(2)13-6-10-9/h6-7,12H,4-5H2,1-3H3. The SMILES string of the molecule is Cc1ocnc1CN(C)C(C)CO. The van der Waals surface area contributed by atoms with Crippen LogP contribution in [0.2, 0.25) is 0 Å². The Morgan fingerprint density at radius 3 is 2.85 bits per heavy atom. The summed E-state index contributed by atoms with van der Waals surface area (Å²) in [7, 11) is 1.95. The van der Waals surface area contributed by atoms with Gasteiger partial charge in [0.2, 0.25) is 0 Å². The van der Waals surface area contributed by atoms with Gasteiger partial charge in [0.1, 0.15) is 5.76 Å². The minimum absolute atomic E-state index is 0.149. The third-order valence-corrected chi connectivity index (χ3v) is 2.26. The fourth-order valence-electron chi connectivity index (χ4n) is 1.01. The number of aryl methyl sites for hydroxylation is 1. The molecule has 0 aliphatic carbocycles. The van der Waals surface area contributed by atoms with Crippen LogP contribution in [0.4, 0.5) is 0 Å². The van der Waals surface area contributed by atoms with Crippen LogP contribution in [0.1, 0.15) is 18.4 Å². The highest BCUT2D eigenvalue weighted by Gasteiger charge is 2.11. The van der Waals surface area contributed by atoms with E-state index in [1.807, 2.05) is 25.8 Å². The number of aromatic nitrogens is 1. The molecular weight excluding hydrogens is 168 g/mol.